The summed E-state index contributed by atoms with van der Waals surface area (Å²) in [5.41, 5.74) is 3.44. The molecule has 5 heteroatoms. The van der Waals surface area contributed by atoms with Gasteiger partial charge in [-0.2, -0.15) is 5.26 Å². The van der Waals surface area contributed by atoms with Crippen LogP contribution in [0.3, 0.4) is 0 Å². The van der Waals surface area contributed by atoms with Crippen LogP contribution in [0, 0.1) is 11.3 Å². The molecule has 24 heavy (non-hydrogen) atoms. The molecule has 0 unspecified atom stereocenters. The van der Waals surface area contributed by atoms with Gasteiger partial charge in [-0.05, 0) is 24.6 Å². The Morgan fingerprint density at radius 1 is 1.21 bits per heavy atom. The van der Waals surface area contributed by atoms with Crippen LogP contribution < -0.4 is 0 Å². The standard InChI is InChI=1S/C19H15N3O2/c1-2-24-19(23)18-9-8-16(11-21-18)22-12-15(10-20)17(13-22)14-6-4-3-5-7-14/h3-9,11-13H,2H2,1H3. The third kappa shape index (κ3) is 3.03. The van der Waals surface area contributed by atoms with E-state index in [0.717, 1.165) is 16.8 Å². The highest BCUT2D eigenvalue weighted by molar-refractivity contribution is 5.87. The molecule has 0 fully saturated rings. The Bertz CT molecular complexity index is 891. The monoisotopic (exact) mass is 317 g/mol. The van der Waals surface area contributed by atoms with E-state index in [-0.39, 0.29) is 5.69 Å². The van der Waals surface area contributed by atoms with Crippen LogP contribution in [-0.2, 0) is 4.74 Å². The molecule has 3 rings (SSSR count). The Labute approximate surface area is 139 Å². The Morgan fingerprint density at radius 3 is 2.62 bits per heavy atom. The topological polar surface area (TPSA) is 67.9 Å². The number of nitriles is 1. The van der Waals surface area contributed by atoms with E-state index < -0.39 is 5.97 Å². The lowest BCUT2D eigenvalue weighted by Crippen LogP contribution is -2.07. The molecule has 0 radical (unpaired) electrons. The maximum atomic E-state index is 11.6. The molecular formula is C19H15N3O2. The fourth-order valence-corrected chi connectivity index (χ4v) is 2.41. The molecule has 0 bridgehead atoms. The molecule has 5 nitrogen and oxygen atoms in total. The Morgan fingerprint density at radius 2 is 2.00 bits per heavy atom. The van der Waals surface area contributed by atoms with Crippen LogP contribution in [0.1, 0.15) is 23.0 Å². The minimum atomic E-state index is -0.445. The van der Waals surface area contributed by atoms with Crippen LogP contribution in [0.4, 0.5) is 0 Å². The van der Waals surface area contributed by atoms with Gasteiger partial charge in [0.05, 0.1) is 24.1 Å². The SMILES string of the molecule is CCOC(=O)c1ccc(-n2cc(C#N)c(-c3ccccc3)c2)cn1. The van der Waals surface area contributed by atoms with Gasteiger partial charge in [0.1, 0.15) is 11.8 Å². The fourth-order valence-electron chi connectivity index (χ4n) is 2.41. The highest BCUT2D eigenvalue weighted by Gasteiger charge is 2.11. The first-order valence-corrected chi connectivity index (χ1v) is 7.54. The molecule has 0 atom stereocenters. The van der Waals surface area contributed by atoms with Gasteiger partial charge < -0.3 is 9.30 Å². The average molecular weight is 317 g/mol. The van der Waals surface area contributed by atoms with Gasteiger partial charge in [-0.1, -0.05) is 30.3 Å². The number of nitrogens with zero attached hydrogens (tertiary/aromatic N) is 3. The van der Waals surface area contributed by atoms with Crippen LogP contribution in [-0.4, -0.2) is 22.1 Å². The first kappa shape index (κ1) is 15.5. The molecule has 0 spiro atoms. The van der Waals surface area contributed by atoms with Gasteiger partial charge in [0.2, 0.25) is 0 Å². The first-order chi connectivity index (χ1) is 11.7. The van der Waals surface area contributed by atoms with Crippen LogP contribution in [0.5, 0.6) is 0 Å². The van der Waals surface area contributed by atoms with E-state index in [4.69, 9.17) is 4.74 Å². The van der Waals surface area contributed by atoms with Gasteiger partial charge in [0.15, 0.2) is 0 Å². The lowest BCUT2D eigenvalue weighted by Gasteiger charge is -2.04. The minimum Gasteiger partial charge on any atom is -0.461 e. The summed E-state index contributed by atoms with van der Waals surface area (Å²) < 4.78 is 6.74. The second kappa shape index (κ2) is 6.80. The van der Waals surface area contributed by atoms with Gasteiger partial charge in [-0.25, -0.2) is 9.78 Å². The molecule has 2 heterocycles. The molecule has 0 aliphatic heterocycles. The number of benzene rings is 1. The largest absolute Gasteiger partial charge is 0.461 e. The second-order valence-corrected chi connectivity index (χ2v) is 5.09. The Kier molecular flexibility index (Phi) is 4.39. The van der Waals surface area contributed by atoms with Crippen molar-refractivity contribution in [3.8, 4) is 22.9 Å². The quantitative estimate of drug-likeness (QED) is 0.690. The zero-order valence-electron chi connectivity index (χ0n) is 13.1. The van der Waals surface area contributed by atoms with E-state index in [0.29, 0.717) is 12.2 Å². The van der Waals surface area contributed by atoms with Crippen LogP contribution in [0.2, 0.25) is 0 Å². The van der Waals surface area contributed by atoms with E-state index in [1.165, 1.54) is 0 Å². The van der Waals surface area contributed by atoms with E-state index >= 15 is 0 Å². The predicted molar refractivity (Wildman–Crippen MR) is 89.7 cm³/mol. The summed E-state index contributed by atoms with van der Waals surface area (Å²) in [6, 6.07) is 15.3. The number of esters is 1. The third-order valence-electron chi connectivity index (χ3n) is 3.56. The van der Waals surface area contributed by atoms with Crippen molar-refractivity contribution in [2.75, 3.05) is 6.61 Å². The van der Waals surface area contributed by atoms with Gasteiger partial charge in [-0.15, -0.1) is 0 Å². The van der Waals surface area contributed by atoms with Crippen molar-refractivity contribution in [2.24, 2.45) is 0 Å². The summed E-state index contributed by atoms with van der Waals surface area (Å²) in [6.45, 7) is 2.06. The molecule has 0 aliphatic rings. The van der Waals surface area contributed by atoms with Crippen molar-refractivity contribution in [3.05, 3.63) is 72.3 Å². The number of pyridine rings is 1. The van der Waals surface area contributed by atoms with Crippen LogP contribution in [0.25, 0.3) is 16.8 Å². The van der Waals surface area contributed by atoms with Crippen molar-refractivity contribution in [2.45, 2.75) is 6.92 Å². The number of aromatic nitrogens is 2. The summed E-state index contributed by atoms with van der Waals surface area (Å²) in [7, 11) is 0. The van der Waals surface area contributed by atoms with Gasteiger partial charge in [0.25, 0.3) is 0 Å². The van der Waals surface area contributed by atoms with Crippen molar-refractivity contribution in [1.29, 1.82) is 5.26 Å². The maximum Gasteiger partial charge on any atom is 0.356 e. The fraction of sp³-hybridized carbons (Fsp3) is 0.105. The molecule has 0 N–H and O–H groups in total. The highest BCUT2D eigenvalue weighted by atomic mass is 16.5. The molecular weight excluding hydrogens is 302 g/mol. The van der Waals surface area contributed by atoms with Gasteiger partial charge in [0, 0.05) is 18.0 Å². The molecule has 118 valence electrons. The van der Waals surface area contributed by atoms with Gasteiger partial charge >= 0.3 is 5.97 Å². The lowest BCUT2D eigenvalue weighted by atomic mass is 10.1. The smallest absolute Gasteiger partial charge is 0.356 e. The second-order valence-electron chi connectivity index (χ2n) is 5.09. The molecule has 1 aromatic carbocycles. The van der Waals surface area contributed by atoms with E-state index in [1.807, 2.05) is 41.1 Å². The highest BCUT2D eigenvalue weighted by Crippen LogP contribution is 2.25. The summed E-state index contributed by atoms with van der Waals surface area (Å²) in [4.78, 5) is 15.8. The minimum absolute atomic E-state index is 0.261. The summed E-state index contributed by atoms with van der Waals surface area (Å²) in [5.74, 6) is -0.445. The number of carbonyl (C=O) groups is 1. The van der Waals surface area contributed by atoms with E-state index in [2.05, 4.69) is 11.1 Å². The zero-order valence-corrected chi connectivity index (χ0v) is 13.1. The molecule has 2 aromatic heterocycles. The number of hydrogen-bond donors (Lipinski definition) is 0. The van der Waals surface area contributed by atoms with Crippen molar-refractivity contribution in [3.63, 3.8) is 0 Å². The molecule has 0 amide bonds. The number of rotatable bonds is 4. The first-order valence-electron chi connectivity index (χ1n) is 7.54. The van der Waals surface area contributed by atoms with E-state index in [9.17, 15) is 10.1 Å². The Balaban J connectivity index is 1.95. The lowest BCUT2D eigenvalue weighted by molar-refractivity contribution is 0.0519. The van der Waals surface area contributed by atoms with Crippen LogP contribution >= 0.6 is 0 Å². The van der Waals surface area contributed by atoms with E-state index in [1.54, 1.807) is 31.5 Å². The maximum absolute atomic E-state index is 11.6. The van der Waals surface area contributed by atoms with Crippen molar-refractivity contribution >= 4 is 5.97 Å². The number of ether oxygens (including phenoxy) is 1. The number of hydrogen-bond acceptors (Lipinski definition) is 4. The molecule has 0 saturated heterocycles. The van der Waals surface area contributed by atoms with Crippen molar-refractivity contribution in [1.82, 2.24) is 9.55 Å². The molecule has 0 saturated carbocycles. The summed E-state index contributed by atoms with van der Waals surface area (Å²) >= 11 is 0. The predicted octanol–water partition coefficient (Wildman–Crippen LogP) is 3.59. The average Bonchev–Trinajstić information content (AvgIpc) is 3.07. The van der Waals surface area contributed by atoms with Gasteiger partial charge in [-0.3, -0.25) is 0 Å². The third-order valence-corrected chi connectivity index (χ3v) is 3.56. The Hall–Kier alpha value is -3.39. The van der Waals surface area contributed by atoms with Crippen molar-refractivity contribution < 1.29 is 9.53 Å². The normalized spacial score (nSPS) is 10.2. The number of carbonyl (C=O) groups excluding carboxylic acids is 1. The molecule has 0 aliphatic carbocycles. The summed E-state index contributed by atoms with van der Waals surface area (Å²) in [6.07, 6.45) is 5.22. The molecule has 3 aromatic rings. The zero-order chi connectivity index (χ0) is 16.9. The summed E-state index contributed by atoms with van der Waals surface area (Å²) in [5, 5.41) is 9.38. The van der Waals surface area contributed by atoms with Crippen LogP contribution in [0.15, 0.2) is 61.1 Å².